The van der Waals surface area contributed by atoms with Gasteiger partial charge in [0, 0.05) is 19.1 Å². The van der Waals surface area contributed by atoms with Gasteiger partial charge in [0.15, 0.2) is 0 Å². The predicted molar refractivity (Wildman–Crippen MR) is 107 cm³/mol. The first-order valence-corrected chi connectivity index (χ1v) is 9.77. The number of halogens is 1. The van der Waals surface area contributed by atoms with E-state index in [1.807, 2.05) is 40.7 Å². The van der Waals surface area contributed by atoms with Crippen molar-refractivity contribution >= 4 is 11.7 Å². The van der Waals surface area contributed by atoms with Crippen LogP contribution in [0.1, 0.15) is 52.4 Å². The highest BCUT2D eigenvalue weighted by Crippen LogP contribution is 2.22. The first-order chi connectivity index (χ1) is 13.1. The summed E-state index contributed by atoms with van der Waals surface area (Å²) in [7, 11) is 0. The standard InChI is InChI=1S/C21H32FN3O3/c1-14(2)19(13-26)23-11-18-16(22)8-9-17(24-18)15-7-6-10-25(12-15)20(27)28-21(3,4)5/h7-9,14,19,23,26H,6,10-13H2,1-5H3. The number of ether oxygens (including phenoxy) is 1. The van der Waals surface area contributed by atoms with Crippen LogP contribution in [0.4, 0.5) is 9.18 Å². The number of carbonyl (C=O) groups excluding carboxylic acids is 1. The molecule has 1 aromatic rings. The lowest BCUT2D eigenvalue weighted by atomic mass is 10.0. The first-order valence-electron chi connectivity index (χ1n) is 9.77. The van der Waals surface area contributed by atoms with E-state index >= 15 is 0 Å². The normalized spacial score (nSPS) is 16.1. The Kier molecular flexibility index (Phi) is 7.55. The van der Waals surface area contributed by atoms with E-state index in [0.717, 1.165) is 5.57 Å². The number of aromatic nitrogens is 1. The SMILES string of the molecule is CC(C)C(CO)NCc1nc(C2=CCCN(C(=O)OC(C)(C)C)C2)ccc1F. The minimum Gasteiger partial charge on any atom is -0.444 e. The molecule has 0 aromatic carbocycles. The van der Waals surface area contributed by atoms with Gasteiger partial charge in [0.1, 0.15) is 11.4 Å². The van der Waals surface area contributed by atoms with Gasteiger partial charge in [-0.3, -0.25) is 0 Å². The number of nitrogens with zero attached hydrogens (tertiary/aromatic N) is 2. The first kappa shape index (κ1) is 22.3. The Hall–Kier alpha value is -1.99. The van der Waals surface area contributed by atoms with Gasteiger partial charge in [-0.25, -0.2) is 14.2 Å². The van der Waals surface area contributed by atoms with Gasteiger partial charge in [-0.2, -0.15) is 0 Å². The third kappa shape index (κ3) is 6.27. The molecule has 0 saturated carbocycles. The van der Waals surface area contributed by atoms with Crippen molar-refractivity contribution in [2.75, 3.05) is 19.7 Å². The quantitative estimate of drug-likeness (QED) is 0.775. The largest absolute Gasteiger partial charge is 0.444 e. The van der Waals surface area contributed by atoms with E-state index in [2.05, 4.69) is 10.3 Å². The molecule has 0 bridgehead atoms. The summed E-state index contributed by atoms with van der Waals surface area (Å²) >= 11 is 0. The smallest absolute Gasteiger partial charge is 0.410 e. The number of amides is 1. The van der Waals surface area contributed by atoms with Crippen LogP contribution < -0.4 is 5.32 Å². The van der Waals surface area contributed by atoms with Crippen LogP contribution in [-0.2, 0) is 11.3 Å². The molecule has 2 N–H and O–H groups in total. The molecule has 6 nitrogen and oxygen atoms in total. The lowest BCUT2D eigenvalue weighted by Gasteiger charge is -2.30. The highest BCUT2D eigenvalue weighted by atomic mass is 19.1. The monoisotopic (exact) mass is 393 g/mol. The lowest BCUT2D eigenvalue weighted by molar-refractivity contribution is 0.0273. The van der Waals surface area contributed by atoms with Crippen molar-refractivity contribution in [3.05, 3.63) is 35.4 Å². The third-order valence-electron chi connectivity index (χ3n) is 4.58. The van der Waals surface area contributed by atoms with Crippen molar-refractivity contribution in [1.29, 1.82) is 0 Å². The second-order valence-electron chi connectivity index (χ2n) is 8.46. The van der Waals surface area contributed by atoms with Crippen molar-refractivity contribution in [3.8, 4) is 0 Å². The Bertz CT molecular complexity index is 713. The van der Waals surface area contributed by atoms with Crippen LogP contribution in [0.15, 0.2) is 18.2 Å². The van der Waals surface area contributed by atoms with Crippen molar-refractivity contribution in [3.63, 3.8) is 0 Å². The number of rotatable bonds is 6. The fourth-order valence-corrected chi connectivity index (χ4v) is 2.94. The second kappa shape index (κ2) is 9.47. The lowest BCUT2D eigenvalue weighted by Crippen LogP contribution is -2.39. The summed E-state index contributed by atoms with van der Waals surface area (Å²) in [5.41, 5.74) is 1.27. The molecule has 0 spiro atoms. The molecule has 1 amide bonds. The van der Waals surface area contributed by atoms with E-state index in [1.165, 1.54) is 6.07 Å². The Labute approximate surface area is 166 Å². The van der Waals surface area contributed by atoms with Crippen LogP contribution in [0.5, 0.6) is 0 Å². The van der Waals surface area contributed by atoms with Crippen molar-refractivity contribution in [1.82, 2.24) is 15.2 Å². The van der Waals surface area contributed by atoms with Gasteiger partial charge in [0.25, 0.3) is 0 Å². The van der Waals surface area contributed by atoms with E-state index in [0.29, 0.717) is 30.9 Å². The van der Waals surface area contributed by atoms with E-state index in [9.17, 15) is 14.3 Å². The van der Waals surface area contributed by atoms with Crippen molar-refractivity contribution < 1.29 is 19.0 Å². The van der Waals surface area contributed by atoms with Gasteiger partial charge in [-0.15, -0.1) is 0 Å². The Balaban J connectivity index is 2.10. The topological polar surface area (TPSA) is 74.7 Å². The highest BCUT2D eigenvalue weighted by Gasteiger charge is 2.25. The van der Waals surface area contributed by atoms with Gasteiger partial charge in [-0.1, -0.05) is 19.9 Å². The number of hydrogen-bond donors (Lipinski definition) is 2. The fraction of sp³-hybridized carbons (Fsp3) is 0.619. The summed E-state index contributed by atoms with van der Waals surface area (Å²) in [4.78, 5) is 18.5. The zero-order valence-electron chi connectivity index (χ0n) is 17.5. The molecule has 7 heteroatoms. The number of aliphatic hydroxyl groups excluding tert-OH is 1. The van der Waals surface area contributed by atoms with Gasteiger partial charge in [0.05, 0.1) is 24.5 Å². The summed E-state index contributed by atoms with van der Waals surface area (Å²) in [6, 6.07) is 2.91. The predicted octanol–water partition coefficient (Wildman–Crippen LogP) is 3.35. The molecule has 1 atom stereocenters. The second-order valence-corrected chi connectivity index (χ2v) is 8.46. The van der Waals surface area contributed by atoms with Gasteiger partial charge in [0.2, 0.25) is 0 Å². The molecule has 1 aliphatic rings. The number of nitrogens with one attached hydrogen (secondary N) is 1. The summed E-state index contributed by atoms with van der Waals surface area (Å²) < 4.78 is 19.7. The van der Waals surface area contributed by atoms with Gasteiger partial charge < -0.3 is 20.1 Å². The molecule has 0 radical (unpaired) electrons. The number of pyridine rings is 1. The van der Waals surface area contributed by atoms with Crippen LogP contribution in [0.25, 0.3) is 5.57 Å². The minimum atomic E-state index is -0.551. The van der Waals surface area contributed by atoms with Crippen LogP contribution >= 0.6 is 0 Å². The highest BCUT2D eigenvalue weighted by molar-refractivity contribution is 5.74. The van der Waals surface area contributed by atoms with E-state index < -0.39 is 11.4 Å². The molecule has 28 heavy (non-hydrogen) atoms. The molecule has 2 rings (SSSR count). The molecule has 0 aliphatic carbocycles. The Morgan fingerprint density at radius 2 is 2.11 bits per heavy atom. The number of hydrogen-bond acceptors (Lipinski definition) is 5. The molecule has 0 saturated heterocycles. The molecule has 1 aromatic heterocycles. The maximum atomic E-state index is 14.2. The van der Waals surface area contributed by atoms with E-state index in [1.54, 1.807) is 11.0 Å². The van der Waals surface area contributed by atoms with Crippen molar-refractivity contribution in [2.24, 2.45) is 5.92 Å². The molecule has 2 heterocycles. The maximum absolute atomic E-state index is 14.2. The molecule has 0 fully saturated rings. The number of carbonyl (C=O) groups is 1. The van der Waals surface area contributed by atoms with E-state index in [-0.39, 0.29) is 31.2 Å². The van der Waals surface area contributed by atoms with Crippen LogP contribution in [0.3, 0.4) is 0 Å². The van der Waals surface area contributed by atoms with E-state index in [4.69, 9.17) is 4.74 Å². The zero-order chi connectivity index (χ0) is 20.9. The molecular formula is C21H32FN3O3. The molecular weight excluding hydrogens is 361 g/mol. The third-order valence-corrected chi connectivity index (χ3v) is 4.58. The average molecular weight is 394 g/mol. The minimum absolute atomic E-state index is 0.0189. The van der Waals surface area contributed by atoms with Crippen LogP contribution in [0.2, 0.25) is 0 Å². The molecule has 156 valence electrons. The zero-order valence-corrected chi connectivity index (χ0v) is 17.5. The van der Waals surface area contributed by atoms with Crippen molar-refractivity contribution in [2.45, 2.75) is 59.2 Å². The van der Waals surface area contributed by atoms with Crippen LogP contribution in [0, 0.1) is 11.7 Å². The van der Waals surface area contributed by atoms with Gasteiger partial charge in [-0.05, 0) is 50.8 Å². The van der Waals surface area contributed by atoms with Crippen LogP contribution in [-0.4, -0.2) is 52.4 Å². The summed E-state index contributed by atoms with van der Waals surface area (Å²) in [6.07, 6.45) is 2.37. The number of aliphatic hydroxyl groups is 1. The summed E-state index contributed by atoms with van der Waals surface area (Å²) in [5.74, 6) is -0.170. The Morgan fingerprint density at radius 1 is 1.39 bits per heavy atom. The fourth-order valence-electron chi connectivity index (χ4n) is 2.94. The summed E-state index contributed by atoms with van der Waals surface area (Å²) in [6.45, 7) is 10.7. The molecule has 1 unspecified atom stereocenters. The summed E-state index contributed by atoms with van der Waals surface area (Å²) in [5, 5.41) is 12.6. The van der Waals surface area contributed by atoms with Gasteiger partial charge >= 0.3 is 6.09 Å². The average Bonchev–Trinajstić information content (AvgIpc) is 2.62. The maximum Gasteiger partial charge on any atom is 0.410 e. The Morgan fingerprint density at radius 3 is 2.71 bits per heavy atom. The molecule has 1 aliphatic heterocycles.